The molecule has 0 aliphatic carbocycles. The first-order valence-corrected chi connectivity index (χ1v) is 7.12. The lowest BCUT2D eigenvalue weighted by atomic mass is 10.1. The van der Waals surface area contributed by atoms with Crippen molar-refractivity contribution >= 4 is 21.8 Å². The molecule has 5 heteroatoms. The normalized spacial score (nSPS) is 10.7. The van der Waals surface area contributed by atoms with Crippen LogP contribution in [0.15, 0.2) is 27.2 Å². The number of carbonyl (C=O) groups excluding carboxylic acids is 1. The van der Waals surface area contributed by atoms with Crippen LogP contribution < -0.4 is 0 Å². The van der Waals surface area contributed by atoms with Crippen molar-refractivity contribution in [3.8, 4) is 0 Å². The van der Waals surface area contributed by atoms with Crippen molar-refractivity contribution in [3.05, 3.63) is 50.8 Å². The van der Waals surface area contributed by atoms with E-state index in [1.165, 1.54) is 0 Å². The maximum Gasteiger partial charge on any atom is 0.253 e. The van der Waals surface area contributed by atoms with E-state index in [9.17, 15) is 4.79 Å². The van der Waals surface area contributed by atoms with Crippen LogP contribution in [0.25, 0.3) is 0 Å². The van der Waals surface area contributed by atoms with E-state index in [1.807, 2.05) is 39.0 Å². The molecule has 1 amide bonds. The van der Waals surface area contributed by atoms with Gasteiger partial charge < -0.3 is 9.42 Å². The average Bonchev–Trinajstić information content (AvgIpc) is 2.68. The number of aryl methyl sites for hydroxylation is 3. The van der Waals surface area contributed by atoms with E-state index < -0.39 is 0 Å². The molecule has 0 spiro atoms. The van der Waals surface area contributed by atoms with Gasteiger partial charge in [0.1, 0.15) is 5.76 Å². The van der Waals surface area contributed by atoms with E-state index in [-0.39, 0.29) is 5.91 Å². The number of rotatable bonds is 3. The summed E-state index contributed by atoms with van der Waals surface area (Å²) in [6.45, 7) is 6.20. The molecule has 0 fully saturated rings. The third-order valence-corrected chi connectivity index (χ3v) is 3.67. The van der Waals surface area contributed by atoms with Crippen LogP contribution in [-0.4, -0.2) is 23.0 Å². The minimum atomic E-state index is -0.0191. The molecule has 2 aromatic rings. The monoisotopic (exact) mass is 336 g/mol. The van der Waals surface area contributed by atoms with Gasteiger partial charge in [-0.1, -0.05) is 21.1 Å². The Balaban J connectivity index is 2.20. The molecule has 0 radical (unpaired) electrons. The molecule has 2 rings (SSSR count). The Morgan fingerprint density at radius 2 is 2.00 bits per heavy atom. The summed E-state index contributed by atoms with van der Waals surface area (Å²) < 4.78 is 6.03. The zero-order valence-electron chi connectivity index (χ0n) is 12.0. The van der Waals surface area contributed by atoms with Crippen LogP contribution in [0.1, 0.15) is 32.9 Å². The summed E-state index contributed by atoms with van der Waals surface area (Å²) >= 11 is 3.42. The Hall–Kier alpha value is -1.62. The molecule has 20 heavy (non-hydrogen) atoms. The van der Waals surface area contributed by atoms with Gasteiger partial charge in [0.2, 0.25) is 0 Å². The fraction of sp³-hybridized carbons (Fsp3) is 0.333. The van der Waals surface area contributed by atoms with Gasteiger partial charge in [0.15, 0.2) is 0 Å². The molecule has 1 heterocycles. The number of hydrogen-bond acceptors (Lipinski definition) is 3. The van der Waals surface area contributed by atoms with Crippen molar-refractivity contribution in [1.29, 1.82) is 0 Å². The Kier molecular flexibility index (Phi) is 4.28. The van der Waals surface area contributed by atoms with Crippen LogP contribution >= 0.6 is 15.9 Å². The number of hydrogen-bond donors (Lipinski definition) is 0. The van der Waals surface area contributed by atoms with Crippen molar-refractivity contribution in [3.63, 3.8) is 0 Å². The molecule has 0 atom stereocenters. The molecule has 106 valence electrons. The van der Waals surface area contributed by atoms with Crippen molar-refractivity contribution < 1.29 is 9.32 Å². The molecule has 0 saturated carbocycles. The van der Waals surface area contributed by atoms with Crippen molar-refractivity contribution in [1.82, 2.24) is 10.1 Å². The van der Waals surface area contributed by atoms with Gasteiger partial charge in [0.25, 0.3) is 5.91 Å². The van der Waals surface area contributed by atoms with Crippen molar-refractivity contribution in [2.75, 3.05) is 7.05 Å². The van der Waals surface area contributed by atoms with E-state index in [0.717, 1.165) is 27.1 Å². The summed E-state index contributed by atoms with van der Waals surface area (Å²) in [6, 6.07) is 5.70. The molecule has 0 aliphatic heterocycles. The zero-order valence-corrected chi connectivity index (χ0v) is 13.6. The first kappa shape index (κ1) is 14.8. The van der Waals surface area contributed by atoms with Crippen LogP contribution in [0.3, 0.4) is 0 Å². The highest BCUT2D eigenvalue weighted by Crippen LogP contribution is 2.19. The lowest BCUT2D eigenvalue weighted by molar-refractivity contribution is 0.0784. The minimum absolute atomic E-state index is 0.0191. The van der Waals surface area contributed by atoms with E-state index in [4.69, 9.17) is 4.52 Å². The summed E-state index contributed by atoms with van der Waals surface area (Å²) in [4.78, 5) is 14.1. The molecule has 0 bridgehead atoms. The van der Waals surface area contributed by atoms with Gasteiger partial charge in [-0.2, -0.15) is 0 Å². The van der Waals surface area contributed by atoms with Gasteiger partial charge in [-0.15, -0.1) is 0 Å². The second-order valence-corrected chi connectivity index (χ2v) is 5.90. The summed E-state index contributed by atoms with van der Waals surface area (Å²) in [5, 5.41) is 3.91. The highest BCUT2D eigenvalue weighted by Gasteiger charge is 2.17. The predicted molar refractivity (Wildman–Crippen MR) is 80.7 cm³/mol. The number of benzene rings is 1. The second-order valence-electron chi connectivity index (χ2n) is 4.98. The van der Waals surface area contributed by atoms with Gasteiger partial charge in [-0.3, -0.25) is 4.79 Å². The molecule has 1 aromatic carbocycles. The third kappa shape index (κ3) is 3.10. The minimum Gasteiger partial charge on any atom is -0.361 e. The topological polar surface area (TPSA) is 46.3 Å². The first-order chi connectivity index (χ1) is 9.38. The Labute approximate surface area is 126 Å². The molecule has 0 N–H and O–H groups in total. The average molecular weight is 337 g/mol. The number of halogens is 1. The highest BCUT2D eigenvalue weighted by atomic mass is 79.9. The molecule has 0 unspecified atom stereocenters. The van der Waals surface area contributed by atoms with Crippen LogP contribution in [0.4, 0.5) is 0 Å². The molecule has 4 nitrogen and oxygen atoms in total. The number of carbonyl (C=O) groups is 1. The quantitative estimate of drug-likeness (QED) is 0.859. The Bertz CT molecular complexity index is 610. The maximum atomic E-state index is 12.5. The van der Waals surface area contributed by atoms with E-state index in [0.29, 0.717) is 12.1 Å². The fourth-order valence-corrected chi connectivity index (χ4v) is 2.72. The summed E-state index contributed by atoms with van der Waals surface area (Å²) in [5.74, 6) is 0.738. The predicted octanol–water partition coefficient (Wildman–Crippen LogP) is 3.63. The molecule has 0 saturated heterocycles. The van der Waals surface area contributed by atoms with Gasteiger partial charge in [0, 0.05) is 22.6 Å². The summed E-state index contributed by atoms with van der Waals surface area (Å²) in [5.41, 5.74) is 3.51. The van der Waals surface area contributed by atoms with E-state index in [2.05, 4.69) is 21.1 Å². The first-order valence-electron chi connectivity index (χ1n) is 6.33. The van der Waals surface area contributed by atoms with Gasteiger partial charge in [0.05, 0.1) is 12.2 Å². The highest BCUT2D eigenvalue weighted by molar-refractivity contribution is 9.10. The van der Waals surface area contributed by atoms with E-state index >= 15 is 0 Å². The summed E-state index contributed by atoms with van der Waals surface area (Å²) in [6.07, 6.45) is 0. The standard InChI is InChI=1S/C15H17BrN2O2/c1-9-5-12(7-13(16)6-9)15(19)18(4)8-14-10(2)17-20-11(14)3/h5-7H,8H2,1-4H3. The smallest absolute Gasteiger partial charge is 0.253 e. The van der Waals surface area contributed by atoms with Crippen molar-refractivity contribution in [2.45, 2.75) is 27.3 Å². The maximum absolute atomic E-state index is 12.5. The molecular weight excluding hydrogens is 320 g/mol. The largest absolute Gasteiger partial charge is 0.361 e. The number of aromatic nitrogens is 1. The lowest BCUT2D eigenvalue weighted by Gasteiger charge is -2.17. The van der Waals surface area contributed by atoms with Crippen molar-refractivity contribution in [2.24, 2.45) is 0 Å². The zero-order chi connectivity index (χ0) is 14.9. The second kappa shape index (κ2) is 5.79. The molecule has 0 aliphatic rings. The Morgan fingerprint density at radius 1 is 1.30 bits per heavy atom. The molecule has 1 aromatic heterocycles. The number of nitrogens with zero attached hydrogens (tertiary/aromatic N) is 2. The van der Waals surface area contributed by atoms with Gasteiger partial charge >= 0.3 is 0 Å². The lowest BCUT2D eigenvalue weighted by Crippen LogP contribution is -2.26. The van der Waals surface area contributed by atoms with Gasteiger partial charge in [-0.05, 0) is 44.5 Å². The third-order valence-electron chi connectivity index (χ3n) is 3.21. The van der Waals surface area contributed by atoms with Crippen LogP contribution in [0, 0.1) is 20.8 Å². The SMILES string of the molecule is Cc1cc(Br)cc(C(=O)N(C)Cc2c(C)noc2C)c1. The van der Waals surface area contributed by atoms with Gasteiger partial charge in [-0.25, -0.2) is 0 Å². The molecular formula is C15H17BrN2O2. The fourth-order valence-electron chi connectivity index (χ4n) is 2.12. The van der Waals surface area contributed by atoms with Crippen LogP contribution in [-0.2, 0) is 6.54 Å². The van der Waals surface area contributed by atoms with Crippen LogP contribution in [0.5, 0.6) is 0 Å². The van der Waals surface area contributed by atoms with E-state index in [1.54, 1.807) is 11.9 Å². The Morgan fingerprint density at radius 3 is 2.55 bits per heavy atom. The number of amides is 1. The summed E-state index contributed by atoms with van der Waals surface area (Å²) in [7, 11) is 1.78. The van der Waals surface area contributed by atoms with Crippen LogP contribution in [0.2, 0.25) is 0 Å².